The summed E-state index contributed by atoms with van der Waals surface area (Å²) in [6, 6.07) is 16.6. The van der Waals surface area contributed by atoms with Crippen LogP contribution in [0.4, 0.5) is 5.69 Å². The molecule has 2 aromatic carbocycles. The molecule has 0 atom stereocenters. The van der Waals surface area contributed by atoms with Crippen LogP contribution in [0.1, 0.15) is 23.7 Å². The van der Waals surface area contributed by atoms with Gasteiger partial charge in [-0.05, 0) is 42.8 Å². The molecule has 4 rings (SSSR count). The second-order valence-electron chi connectivity index (χ2n) is 8.20. The molecule has 31 heavy (non-hydrogen) atoms. The smallest absolute Gasteiger partial charge is 0.230 e. The molecule has 1 aliphatic heterocycles. The normalized spacial score (nSPS) is 15.2. The van der Waals surface area contributed by atoms with Crippen LogP contribution in [-0.2, 0) is 24.2 Å². The summed E-state index contributed by atoms with van der Waals surface area (Å²) in [7, 11) is 2.18. The maximum absolute atomic E-state index is 12.4. The number of benzene rings is 2. The molecule has 0 bridgehead atoms. The molecule has 1 aromatic heterocycles. The highest BCUT2D eigenvalue weighted by Crippen LogP contribution is 2.25. The van der Waals surface area contributed by atoms with E-state index in [1.807, 2.05) is 29.6 Å². The molecule has 0 radical (unpaired) electrons. The fourth-order valence-electron chi connectivity index (χ4n) is 3.78. The van der Waals surface area contributed by atoms with E-state index in [2.05, 4.69) is 53.4 Å². The Bertz CT molecular complexity index is 1010. The molecule has 5 nitrogen and oxygen atoms in total. The van der Waals surface area contributed by atoms with Crippen molar-refractivity contribution in [2.75, 3.05) is 38.5 Å². The van der Waals surface area contributed by atoms with E-state index < -0.39 is 0 Å². The molecule has 0 aliphatic carbocycles. The summed E-state index contributed by atoms with van der Waals surface area (Å²) in [4.78, 5) is 22.0. The average molecular weight is 435 g/mol. The Labute approximate surface area is 188 Å². The van der Waals surface area contributed by atoms with Gasteiger partial charge in [-0.1, -0.05) is 37.3 Å². The molecule has 1 N–H and O–H groups in total. The Morgan fingerprint density at radius 1 is 1.06 bits per heavy atom. The van der Waals surface area contributed by atoms with Crippen molar-refractivity contribution in [3.63, 3.8) is 0 Å². The van der Waals surface area contributed by atoms with Crippen molar-refractivity contribution < 1.29 is 4.79 Å². The Kier molecular flexibility index (Phi) is 7.12. The number of aryl methyl sites for hydroxylation is 1. The lowest BCUT2D eigenvalue weighted by molar-refractivity contribution is -0.115. The fourth-order valence-corrected chi connectivity index (χ4v) is 4.60. The number of likely N-dealkylation sites (N-methyl/N-ethyl adjacent to an activating group) is 1. The molecule has 1 amide bonds. The molecule has 2 heterocycles. The first-order chi connectivity index (χ1) is 15.1. The van der Waals surface area contributed by atoms with Gasteiger partial charge < -0.3 is 10.2 Å². The van der Waals surface area contributed by atoms with Gasteiger partial charge in [-0.15, -0.1) is 11.3 Å². The summed E-state index contributed by atoms with van der Waals surface area (Å²) >= 11 is 1.60. The Balaban J connectivity index is 1.36. The SMILES string of the molecule is CCc1ccc(NC(=O)Cc2csc(-c3cccc(CN4CCN(C)CC4)c3)n2)cc1. The number of thiazole rings is 1. The lowest BCUT2D eigenvalue weighted by Crippen LogP contribution is -2.43. The largest absolute Gasteiger partial charge is 0.326 e. The number of carbonyl (C=O) groups is 1. The van der Waals surface area contributed by atoms with Crippen LogP contribution in [0, 0.1) is 0 Å². The van der Waals surface area contributed by atoms with Gasteiger partial charge in [-0.25, -0.2) is 4.98 Å². The maximum atomic E-state index is 12.4. The number of rotatable bonds is 7. The maximum Gasteiger partial charge on any atom is 0.230 e. The third kappa shape index (κ3) is 6.00. The molecule has 3 aromatic rings. The lowest BCUT2D eigenvalue weighted by atomic mass is 10.1. The number of carbonyl (C=O) groups excluding carboxylic acids is 1. The highest BCUT2D eigenvalue weighted by atomic mass is 32.1. The summed E-state index contributed by atoms with van der Waals surface area (Å²) in [5.41, 5.74) is 5.34. The quantitative estimate of drug-likeness (QED) is 0.602. The minimum atomic E-state index is -0.0371. The number of aromatic nitrogens is 1. The number of anilines is 1. The first kappa shape index (κ1) is 21.7. The second-order valence-corrected chi connectivity index (χ2v) is 9.06. The highest BCUT2D eigenvalue weighted by Gasteiger charge is 2.15. The molecular weight excluding hydrogens is 404 g/mol. The topological polar surface area (TPSA) is 48.5 Å². The predicted molar refractivity (Wildman–Crippen MR) is 128 cm³/mol. The molecule has 162 valence electrons. The van der Waals surface area contributed by atoms with Crippen molar-refractivity contribution in [3.05, 3.63) is 70.7 Å². The van der Waals surface area contributed by atoms with Gasteiger partial charge in [-0.2, -0.15) is 0 Å². The van der Waals surface area contributed by atoms with Crippen LogP contribution < -0.4 is 5.32 Å². The number of nitrogens with one attached hydrogen (secondary N) is 1. The van der Waals surface area contributed by atoms with Crippen LogP contribution in [0.15, 0.2) is 53.9 Å². The van der Waals surface area contributed by atoms with Crippen LogP contribution in [0.25, 0.3) is 10.6 Å². The van der Waals surface area contributed by atoms with Crippen molar-refractivity contribution in [1.29, 1.82) is 0 Å². The summed E-state index contributed by atoms with van der Waals surface area (Å²) < 4.78 is 0. The van der Waals surface area contributed by atoms with Gasteiger partial charge in [0.2, 0.25) is 5.91 Å². The number of hydrogen-bond donors (Lipinski definition) is 1. The number of piperazine rings is 1. The van der Waals surface area contributed by atoms with E-state index in [1.165, 1.54) is 11.1 Å². The molecule has 1 aliphatic rings. The van der Waals surface area contributed by atoms with Crippen molar-refractivity contribution in [2.24, 2.45) is 0 Å². The standard InChI is InChI=1S/C25H30N4OS/c1-3-19-7-9-22(10-8-19)26-24(30)16-23-18-31-25(27-23)21-6-4-5-20(15-21)17-29-13-11-28(2)12-14-29/h4-10,15,18H,3,11-14,16-17H2,1-2H3,(H,26,30). The minimum absolute atomic E-state index is 0.0371. The fraction of sp³-hybridized carbons (Fsp3) is 0.360. The summed E-state index contributed by atoms with van der Waals surface area (Å²) in [6.45, 7) is 7.56. The van der Waals surface area contributed by atoms with Gasteiger partial charge in [0.1, 0.15) is 5.01 Å². The molecule has 0 spiro atoms. The number of amides is 1. The molecule has 6 heteroatoms. The Morgan fingerprint density at radius 2 is 1.84 bits per heavy atom. The van der Waals surface area contributed by atoms with E-state index in [-0.39, 0.29) is 12.3 Å². The number of hydrogen-bond acceptors (Lipinski definition) is 5. The van der Waals surface area contributed by atoms with E-state index in [4.69, 9.17) is 4.98 Å². The van der Waals surface area contributed by atoms with Crippen LogP contribution in [0.2, 0.25) is 0 Å². The third-order valence-electron chi connectivity index (χ3n) is 5.72. The minimum Gasteiger partial charge on any atom is -0.326 e. The van der Waals surface area contributed by atoms with Gasteiger partial charge in [0.15, 0.2) is 0 Å². The van der Waals surface area contributed by atoms with Crippen molar-refractivity contribution in [1.82, 2.24) is 14.8 Å². The Hall–Kier alpha value is -2.54. The zero-order valence-corrected chi connectivity index (χ0v) is 19.1. The lowest BCUT2D eigenvalue weighted by Gasteiger charge is -2.32. The summed E-state index contributed by atoms with van der Waals surface area (Å²) in [5.74, 6) is -0.0371. The van der Waals surface area contributed by atoms with E-state index >= 15 is 0 Å². The Morgan fingerprint density at radius 3 is 2.58 bits per heavy atom. The zero-order valence-electron chi connectivity index (χ0n) is 18.3. The van der Waals surface area contributed by atoms with Gasteiger partial charge in [0.05, 0.1) is 12.1 Å². The third-order valence-corrected chi connectivity index (χ3v) is 6.66. The van der Waals surface area contributed by atoms with Crippen LogP contribution in [-0.4, -0.2) is 53.9 Å². The van der Waals surface area contributed by atoms with Gasteiger partial charge in [0, 0.05) is 49.4 Å². The summed E-state index contributed by atoms with van der Waals surface area (Å²) in [6.07, 6.45) is 1.28. The highest BCUT2D eigenvalue weighted by molar-refractivity contribution is 7.13. The van der Waals surface area contributed by atoms with E-state index in [1.54, 1.807) is 11.3 Å². The van der Waals surface area contributed by atoms with Gasteiger partial charge >= 0.3 is 0 Å². The summed E-state index contributed by atoms with van der Waals surface area (Å²) in [5, 5.41) is 5.92. The molecular formula is C25H30N4OS. The van der Waals surface area contributed by atoms with Gasteiger partial charge in [-0.3, -0.25) is 9.69 Å². The predicted octanol–water partition coefficient (Wildman–Crippen LogP) is 4.30. The van der Waals surface area contributed by atoms with Crippen molar-refractivity contribution in [2.45, 2.75) is 26.3 Å². The molecule has 1 saturated heterocycles. The molecule has 0 unspecified atom stereocenters. The van der Waals surface area contributed by atoms with E-state index in [0.29, 0.717) is 0 Å². The van der Waals surface area contributed by atoms with E-state index in [9.17, 15) is 4.79 Å². The van der Waals surface area contributed by atoms with Crippen molar-refractivity contribution >= 4 is 22.9 Å². The molecule has 1 fully saturated rings. The average Bonchev–Trinajstić information content (AvgIpc) is 3.24. The van der Waals surface area contributed by atoms with Gasteiger partial charge in [0.25, 0.3) is 0 Å². The second kappa shape index (κ2) is 10.2. The first-order valence-electron chi connectivity index (χ1n) is 10.9. The molecule has 0 saturated carbocycles. The van der Waals surface area contributed by atoms with Crippen molar-refractivity contribution in [3.8, 4) is 10.6 Å². The monoisotopic (exact) mass is 434 g/mol. The van der Waals surface area contributed by atoms with E-state index in [0.717, 1.165) is 61.1 Å². The zero-order chi connectivity index (χ0) is 21.6. The van der Waals surface area contributed by atoms with Crippen LogP contribution in [0.3, 0.4) is 0 Å². The van der Waals surface area contributed by atoms with Crippen LogP contribution in [0.5, 0.6) is 0 Å². The van der Waals surface area contributed by atoms with Crippen LogP contribution >= 0.6 is 11.3 Å². The first-order valence-corrected chi connectivity index (χ1v) is 11.8. The number of nitrogens with zero attached hydrogens (tertiary/aromatic N) is 3.